The number of carbonyl (C=O) groups is 1. The Hall–Kier alpha value is -1.40. The lowest BCUT2D eigenvalue weighted by Gasteiger charge is -2.32. The predicted octanol–water partition coefficient (Wildman–Crippen LogP) is 2.05. The van der Waals surface area contributed by atoms with Crippen molar-refractivity contribution in [1.29, 1.82) is 0 Å². The number of rotatable bonds is 5. The molecule has 22 heavy (non-hydrogen) atoms. The first-order chi connectivity index (χ1) is 10.5. The fourth-order valence-electron chi connectivity index (χ4n) is 2.51. The molecule has 0 aliphatic carbocycles. The van der Waals surface area contributed by atoms with Crippen molar-refractivity contribution in [2.45, 2.75) is 39.2 Å². The summed E-state index contributed by atoms with van der Waals surface area (Å²) in [7, 11) is 1.54. The van der Waals surface area contributed by atoms with Crippen LogP contribution in [0, 0.1) is 6.92 Å². The molecule has 1 saturated heterocycles. The van der Waals surface area contributed by atoms with Crippen LogP contribution in [0.25, 0.3) is 0 Å². The molecular formula is C15H23ClN4O2. The molecule has 122 valence electrons. The van der Waals surface area contributed by atoms with Crippen LogP contribution in [0.3, 0.4) is 0 Å². The van der Waals surface area contributed by atoms with Gasteiger partial charge in [0, 0.05) is 38.2 Å². The number of hydrogen-bond donors (Lipinski definition) is 1. The van der Waals surface area contributed by atoms with Crippen molar-refractivity contribution in [3.05, 3.63) is 16.5 Å². The topological polar surface area (TPSA) is 67.4 Å². The van der Waals surface area contributed by atoms with Gasteiger partial charge in [0.1, 0.15) is 23.4 Å². The zero-order valence-corrected chi connectivity index (χ0v) is 14.1. The van der Waals surface area contributed by atoms with E-state index in [9.17, 15) is 4.79 Å². The van der Waals surface area contributed by atoms with E-state index in [1.54, 1.807) is 7.11 Å². The number of amides is 1. The van der Waals surface area contributed by atoms with Crippen molar-refractivity contribution < 1.29 is 9.53 Å². The smallest absolute Gasteiger partial charge is 0.248 e. The first-order valence-electron chi connectivity index (χ1n) is 7.61. The van der Waals surface area contributed by atoms with Crippen LogP contribution in [-0.4, -0.2) is 53.6 Å². The van der Waals surface area contributed by atoms with Gasteiger partial charge in [-0.25, -0.2) is 9.97 Å². The van der Waals surface area contributed by atoms with Gasteiger partial charge < -0.3 is 15.0 Å². The van der Waals surface area contributed by atoms with Gasteiger partial charge in [-0.15, -0.1) is 0 Å². The third kappa shape index (κ3) is 4.08. The van der Waals surface area contributed by atoms with Gasteiger partial charge in [-0.05, 0) is 19.8 Å². The molecule has 1 aromatic heterocycles. The maximum absolute atomic E-state index is 11.8. The summed E-state index contributed by atoms with van der Waals surface area (Å²) < 4.78 is 4.90. The summed E-state index contributed by atoms with van der Waals surface area (Å²) in [5.41, 5.74) is 0.872. The molecule has 0 saturated carbocycles. The second-order valence-electron chi connectivity index (χ2n) is 5.49. The Balaban J connectivity index is 1.96. The Labute approximate surface area is 136 Å². The summed E-state index contributed by atoms with van der Waals surface area (Å²) in [5.74, 6) is 1.60. The van der Waals surface area contributed by atoms with Crippen molar-refractivity contribution in [3.8, 4) is 0 Å². The number of likely N-dealkylation sites (tertiary alicyclic amines) is 1. The third-order valence-electron chi connectivity index (χ3n) is 3.91. The third-order valence-corrected chi connectivity index (χ3v) is 4.27. The maximum atomic E-state index is 11.8. The molecule has 1 N–H and O–H groups in total. The number of anilines is 1. The van der Waals surface area contributed by atoms with E-state index in [0.717, 1.165) is 49.6 Å². The van der Waals surface area contributed by atoms with Crippen molar-refractivity contribution in [2.24, 2.45) is 0 Å². The summed E-state index contributed by atoms with van der Waals surface area (Å²) in [5, 5.41) is 3.95. The van der Waals surface area contributed by atoms with E-state index in [1.807, 2.05) is 18.7 Å². The van der Waals surface area contributed by atoms with Crippen LogP contribution in [0.1, 0.15) is 31.2 Å². The van der Waals surface area contributed by atoms with Crippen LogP contribution in [0.4, 0.5) is 5.82 Å². The number of ether oxygens (including phenoxy) is 1. The Kier molecular flexibility index (Phi) is 5.97. The zero-order chi connectivity index (χ0) is 16.1. The SMILES string of the molecule is CCc1nc(Cl)c(C)c(NC2CCN(C(=O)COC)CC2)n1. The van der Waals surface area contributed by atoms with Gasteiger partial charge >= 0.3 is 0 Å². The van der Waals surface area contributed by atoms with Gasteiger partial charge in [0.05, 0.1) is 0 Å². The van der Waals surface area contributed by atoms with E-state index >= 15 is 0 Å². The Bertz CT molecular complexity index is 531. The molecule has 0 spiro atoms. The van der Waals surface area contributed by atoms with Crippen molar-refractivity contribution in [1.82, 2.24) is 14.9 Å². The average Bonchev–Trinajstić information content (AvgIpc) is 2.52. The Morgan fingerprint density at radius 2 is 2.09 bits per heavy atom. The van der Waals surface area contributed by atoms with Crippen molar-refractivity contribution in [2.75, 3.05) is 32.1 Å². The van der Waals surface area contributed by atoms with Crippen LogP contribution in [-0.2, 0) is 16.0 Å². The molecule has 1 fully saturated rings. The number of aryl methyl sites for hydroxylation is 1. The lowest BCUT2D eigenvalue weighted by molar-refractivity contribution is -0.136. The number of nitrogens with one attached hydrogen (secondary N) is 1. The first kappa shape index (κ1) is 17.0. The monoisotopic (exact) mass is 326 g/mol. The fourth-order valence-corrected chi connectivity index (χ4v) is 2.70. The van der Waals surface area contributed by atoms with Crippen LogP contribution >= 0.6 is 11.6 Å². The van der Waals surface area contributed by atoms with Crippen molar-refractivity contribution >= 4 is 23.3 Å². The molecule has 0 atom stereocenters. The number of halogens is 1. The highest BCUT2D eigenvalue weighted by Gasteiger charge is 2.23. The van der Waals surface area contributed by atoms with E-state index in [4.69, 9.17) is 16.3 Å². The predicted molar refractivity (Wildman–Crippen MR) is 86.3 cm³/mol. The molecule has 6 nitrogen and oxygen atoms in total. The standard InChI is InChI=1S/C15H23ClN4O2/c1-4-12-18-14(16)10(2)15(19-12)17-11-5-7-20(8-6-11)13(21)9-22-3/h11H,4-9H2,1-3H3,(H,17,18,19). The summed E-state index contributed by atoms with van der Waals surface area (Å²) in [6, 6.07) is 0.293. The molecule has 2 heterocycles. The molecule has 0 aromatic carbocycles. The number of hydrogen-bond acceptors (Lipinski definition) is 5. The largest absolute Gasteiger partial charge is 0.375 e. The van der Waals surface area contributed by atoms with Crippen LogP contribution in [0.5, 0.6) is 0 Å². The minimum atomic E-state index is 0.0514. The van der Waals surface area contributed by atoms with Gasteiger partial charge in [-0.1, -0.05) is 18.5 Å². The van der Waals surface area contributed by atoms with Crippen LogP contribution in [0.2, 0.25) is 5.15 Å². The van der Waals surface area contributed by atoms with Crippen LogP contribution in [0.15, 0.2) is 0 Å². The van der Waals surface area contributed by atoms with E-state index < -0.39 is 0 Å². The summed E-state index contributed by atoms with van der Waals surface area (Å²) in [6.07, 6.45) is 2.52. The quantitative estimate of drug-likeness (QED) is 0.839. The minimum Gasteiger partial charge on any atom is -0.375 e. The molecule has 7 heteroatoms. The van der Waals surface area contributed by atoms with Gasteiger partial charge in [-0.2, -0.15) is 0 Å². The lowest BCUT2D eigenvalue weighted by Crippen LogP contribution is -2.43. The molecule has 1 aliphatic rings. The first-order valence-corrected chi connectivity index (χ1v) is 7.99. The van der Waals surface area contributed by atoms with E-state index in [2.05, 4.69) is 15.3 Å². The summed E-state index contributed by atoms with van der Waals surface area (Å²) >= 11 is 6.16. The molecule has 0 unspecified atom stereocenters. The summed E-state index contributed by atoms with van der Waals surface area (Å²) in [6.45, 7) is 5.54. The van der Waals surface area contributed by atoms with E-state index in [0.29, 0.717) is 11.2 Å². The number of methoxy groups -OCH3 is 1. The molecule has 0 radical (unpaired) electrons. The lowest BCUT2D eigenvalue weighted by atomic mass is 10.0. The molecule has 1 aromatic rings. The molecular weight excluding hydrogens is 304 g/mol. The second-order valence-corrected chi connectivity index (χ2v) is 5.85. The Morgan fingerprint density at radius 1 is 1.41 bits per heavy atom. The highest BCUT2D eigenvalue weighted by atomic mass is 35.5. The highest BCUT2D eigenvalue weighted by Crippen LogP contribution is 2.23. The van der Waals surface area contributed by atoms with E-state index in [-0.39, 0.29) is 12.5 Å². The fraction of sp³-hybridized carbons (Fsp3) is 0.667. The maximum Gasteiger partial charge on any atom is 0.248 e. The zero-order valence-electron chi connectivity index (χ0n) is 13.4. The van der Waals surface area contributed by atoms with Gasteiger partial charge in [0.2, 0.25) is 5.91 Å². The molecule has 2 rings (SSSR count). The highest BCUT2D eigenvalue weighted by molar-refractivity contribution is 6.30. The van der Waals surface area contributed by atoms with Crippen molar-refractivity contribution in [3.63, 3.8) is 0 Å². The normalized spacial score (nSPS) is 15.9. The Morgan fingerprint density at radius 3 is 2.68 bits per heavy atom. The number of piperidine rings is 1. The molecule has 1 amide bonds. The van der Waals surface area contributed by atoms with Gasteiger partial charge in [0.25, 0.3) is 0 Å². The average molecular weight is 327 g/mol. The molecule has 0 bridgehead atoms. The number of carbonyl (C=O) groups excluding carboxylic acids is 1. The summed E-state index contributed by atoms with van der Waals surface area (Å²) in [4.78, 5) is 22.4. The molecule has 1 aliphatic heterocycles. The van der Waals surface area contributed by atoms with Gasteiger partial charge in [0.15, 0.2) is 0 Å². The number of nitrogens with zero attached hydrogens (tertiary/aromatic N) is 3. The van der Waals surface area contributed by atoms with Gasteiger partial charge in [-0.3, -0.25) is 4.79 Å². The minimum absolute atomic E-state index is 0.0514. The van der Waals surface area contributed by atoms with Crippen LogP contribution < -0.4 is 5.32 Å². The number of aromatic nitrogens is 2. The second kappa shape index (κ2) is 7.74. The van der Waals surface area contributed by atoms with E-state index in [1.165, 1.54) is 0 Å².